The number of hydrogen-bond donors (Lipinski definition) is 1. The molecule has 60 valence electrons. The molecule has 1 aliphatic rings. The molecule has 11 heavy (non-hydrogen) atoms. The number of furan rings is 1. The first-order chi connectivity index (χ1) is 5.18. The SMILES string of the molecule is Cc1cc(Br)oc1[C@@H]1C[C@H]1N. The number of nitrogens with two attached hydrogens (primary N) is 1. The summed E-state index contributed by atoms with van der Waals surface area (Å²) in [4.78, 5) is 0. The molecular formula is C8H10BrNO. The molecule has 0 unspecified atom stereocenters. The van der Waals surface area contributed by atoms with E-state index in [4.69, 9.17) is 10.2 Å². The van der Waals surface area contributed by atoms with Gasteiger partial charge in [-0.25, -0.2) is 0 Å². The zero-order valence-electron chi connectivity index (χ0n) is 6.30. The van der Waals surface area contributed by atoms with E-state index in [1.165, 1.54) is 5.56 Å². The van der Waals surface area contributed by atoms with Crippen molar-refractivity contribution in [2.24, 2.45) is 5.73 Å². The zero-order chi connectivity index (χ0) is 8.01. The first-order valence-corrected chi connectivity index (χ1v) is 4.49. The third-order valence-corrected chi connectivity index (χ3v) is 2.49. The van der Waals surface area contributed by atoms with E-state index in [9.17, 15) is 0 Å². The molecule has 1 aromatic rings. The van der Waals surface area contributed by atoms with Gasteiger partial charge in [-0.3, -0.25) is 0 Å². The van der Waals surface area contributed by atoms with Gasteiger partial charge in [-0.05, 0) is 40.9 Å². The highest BCUT2D eigenvalue weighted by molar-refractivity contribution is 9.10. The third-order valence-electron chi connectivity index (χ3n) is 2.10. The topological polar surface area (TPSA) is 39.2 Å². The lowest BCUT2D eigenvalue weighted by molar-refractivity contribution is 0.485. The van der Waals surface area contributed by atoms with Crippen LogP contribution in [-0.4, -0.2) is 6.04 Å². The highest BCUT2D eigenvalue weighted by atomic mass is 79.9. The maximum Gasteiger partial charge on any atom is 0.169 e. The molecule has 3 heteroatoms. The molecule has 0 bridgehead atoms. The Morgan fingerprint density at radius 3 is 2.73 bits per heavy atom. The fourth-order valence-electron chi connectivity index (χ4n) is 1.34. The fourth-order valence-corrected chi connectivity index (χ4v) is 1.86. The summed E-state index contributed by atoms with van der Waals surface area (Å²) >= 11 is 3.29. The van der Waals surface area contributed by atoms with Crippen LogP contribution >= 0.6 is 15.9 Å². The van der Waals surface area contributed by atoms with E-state index >= 15 is 0 Å². The van der Waals surface area contributed by atoms with Crippen molar-refractivity contribution in [3.63, 3.8) is 0 Å². The first kappa shape index (κ1) is 7.37. The van der Waals surface area contributed by atoms with Crippen LogP contribution in [0.5, 0.6) is 0 Å². The van der Waals surface area contributed by atoms with Gasteiger partial charge in [-0.2, -0.15) is 0 Å². The van der Waals surface area contributed by atoms with Crippen LogP contribution in [0.2, 0.25) is 0 Å². The molecular weight excluding hydrogens is 206 g/mol. The zero-order valence-corrected chi connectivity index (χ0v) is 7.89. The number of aryl methyl sites for hydroxylation is 1. The Hall–Kier alpha value is -0.280. The lowest BCUT2D eigenvalue weighted by Gasteiger charge is -1.92. The summed E-state index contributed by atoms with van der Waals surface area (Å²) in [5, 5.41) is 0. The van der Waals surface area contributed by atoms with Crippen molar-refractivity contribution in [2.75, 3.05) is 0 Å². The standard InChI is InChI=1S/C8H10BrNO/c1-4-2-7(9)11-8(4)5-3-6(5)10/h2,5-6H,3,10H2,1H3/t5-,6-/m1/s1. The van der Waals surface area contributed by atoms with Gasteiger partial charge < -0.3 is 10.2 Å². The maximum atomic E-state index is 5.70. The summed E-state index contributed by atoms with van der Waals surface area (Å²) in [5.41, 5.74) is 6.90. The van der Waals surface area contributed by atoms with E-state index < -0.39 is 0 Å². The van der Waals surface area contributed by atoms with Crippen LogP contribution in [0.15, 0.2) is 15.2 Å². The van der Waals surface area contributed by atoms with Gasteiger partial charge in [0.2, 0.25) is 0 Å². The minimum Gasteiger partial charge on any atom is -0.454 e. The quantitative estimate of drug-likeness (QED) is 0.781. The van der Waals surface area contributed by atoms with E-state index in [2.05, 4.69) is 22.9 Å². The number of rotatable bonds is 1. The van der Waals surface area contributed by atoms with E-state index in [-0.39, 0.29) is 0 Å². The van der Waals surface area contributed by atoms with Gasteiger partial charge in [0.25, 0.3) is 0 Å². The van der Waals surface area contributed by atoms with Crippen molar-refractivity contribution < 1.29 is 4.42 Å². The van der Waals surface area contributed by atoms with Crippen molar-refractivity contribution in [3.05, 3.63) is 22.1 Å². The Kier molecular flexibility index (Phi) is 1.58. The van der Waals surface area contributed by atoms with E-state index in [0.29, 0.717) is 12.0 Å². The summed E-state index contributed by atoms with van der Waals surface area (Å²) in [6, 6.07) is 2.31. The molecule has 2 N–H and O–H groups in total. The van der Waals surface area contributed by atoms with E-state index in [1.807, 2.05) is 6.07 Å². The Morgan fingerprint density at radius 1 is 1.73 bits per heavy atom. The molecule has 0 aliphatic heterocycles. The largest absolute Gasteiger partial charge is 0.454 e. The molecule has 0 spiro atoms. The van der Waals surface area contributed by atoms with Gasteiger partial charge in [-0.15, -0.1) is 0 Å². The second-order valence-corrected chi connectivity index (χ2v) is 3.89. The maximum absolute atomic E-state index is 5.70. The molecule has 1 aliphatic carbocycles. The lowest BCUT2D eigenvalue weighted by Crippen LogP contribution is -2.00. The molecule has 1 heterocycles. The fraction of sp³-hybridized carbons (Fsp3) is 0.500. The van der Waals surface area contributed by atoms with Crippen molar-refractivity contribution in [3.8, 4) is 0 Å². The van der Waals surface area contributed by atoms with Gasteiger partial charge in [0.05, 0.1) is 0 Å². The summed E-state index contributed by atoms with van der Waals surface area (Å²) in [6.45, 7) is 2.05. The second-order valence-electron chi connectivity index (χ2n) is 3.10. The molecule has 2 atom stereocenters. The average Bonchev–Trinajstić information content (AvgIpc) is 2.52. The van der Waals surface area contributed by atoms with Gasteiger partial charge >= 0.3 is 0 Å². The first-order valence-electron chi connectivity index (χ1n) is 3.70. The molecule has 2 nitrogen and oxygen atoms in total. The Balaban J connectivity index is 2.30. The van der Waals surface area contributed by atoms with E-state index in [1.54, 1.807) is 0 Å². The smallest absolute Gasteiger partial charge is 0.169 e. The van der Waals surface area contributed by atoms with Crippen LogP contribution in [0.4, 0.5) is 0 Å². The van der Waals surface area contributed by atoms with Gasteiger partial charge in [-0.1, -0.05) is 0 Å². The van der Waals surface area contributed by atoms with Crippen LogP contribution < -0.4 is 5.73 Å². The minimum absolute atomic E-state index is 0.326. The van der Waals surface area contributed by atoms with Crippen LogP contribution in [0.3, 0.4) is 0 Å². The van der Waals surface area contributed by atoms with Gasteiger partial charge in [0.1, 0.15) is 5.76 Å². The van der Waals surface area contributed by atoms with Crippen LogP contribution in [-0.2, 0) is 0 Å². The summed E-state index contributed by atoms with van der Waals surface area (Å²) in [5.74, 6) is 1.53. The molecule has 0 aromatic carbocycles. The Morgan fingerprint density at radius 2 is 2.36 bits per heavy atom. The predicted molar refractivity (Wildman–Crippen MR) is 46.5 cm³/mol. The third kappa shape index (κ3) is 1.23. The molecule has 1 fully saturated rings. The predicted octanol–water partition coefficient (Wildman–Crippen LogP) is 2.17. The second kappa shape index (κ2) is 2.35. The Labute approximate surface area is 73.9 Å². The normalized spacial score (nSPS) is 29.0. The van der Waals surface area contributed by atoms with Crippen molar-refractivity contribution >= 4 is 15.9 Å². The van der Waals surface area contributed by atoms with E-state index in [0.717, 1.165) is 16.9 Å². The monoisotopic (exact) mass is 215 g/mol. The molecule has 0 radical (unpaired) electrons. The molecule has 1 aromatic heterocycles. The number of hydrogen-bond acceptors (Lipinski definition) is 2. The average molecular weight is 216 g/mol. The van der Waals surface area contributed by atoms with Crippen LogP contribution in [0.25, 0.3) is 0 Å². The van der Waals surface area contributed by atoms with Crippen LogP contribution in [0.1, 0.15) is 23.7 Å². The van der Waals surface area contributed by atoms with Crippen LogP contribution in [0, 0.1) is 6.92 Å². The lowest BCUT2D eigenvalue weighted by atomic mass is 10.2. The Bertz CT molecular complexity index is 282. The van der Waals surface area contributed by atoms with Gasteiger partial charge in [0, 0.05) is 12.0 Å². The summed E-state index contributed by atoms with van der Waals surface area (Å²) in [6.07, 6.45) is 1.07. The molecule has 2 rings (SSSR count). The molecule has 1 saturated carbocycles. The molecule has 0 amide bonds. The summed E-state index contributed by atoms with van der Waals surface area (Å²) in [7, 11) is 0. The molecule has 0 saturated heterocycles. The van der Waals surface area contributed by atoms with Gasteiger partial charge in [0.15, 0.2) is 4.67 Å². The highest BCUT2D eigenvalue weighted by Crippen LogP contribution is 2.42. The number of halogens is 1. The van der Waals surface area contributed by atoms with Crippen molar-refractivity contribution in [2.45, 2.75) is 25.3 Å². The highest BCUT2D eigenvalue weighted by Gasteiger charge is 2.38. The van der Waals surface area contributed by atoms with Crippen molar-refractivity contribution in [1.82, 2.24) is 0 Å². The summed E-state index contributed by atoms with van der Waals surface area (Å²) < 4.78 is 6.25. The van der Waals surface area contributed by atoms with Crippen molar-refractivity contribution in [1.29, 1.82) is 0 Å². The minimum atomic E-state index is 0.326.